The molecule has 6 fully saturated rings. The molecule has 7 rings (SSSR count). The number of carbonyl (C=O) groups excluding carboxylic acids is 12. The number of carbonyl (C=O) groups is 12. The molecule has 12 amide bonds. The summed E-state index contributed by atoms with van der Waals surface area (Å²) in [4.78, 5) is 189. The lowest BCUT2D eigenvalue weighted by Gasteiger charge is -2.42. The minimum absolute atomic E-state index is 0.0232. The maximum Gasteiger partial charge on any atom is 0.417 e. The van der Waals surface area contributed by atoms with Crippen LogP contribution in [-0.2, 0) is 70.1 Å². The Hall–Kier alpha value is -7.06. The molecular weight excluding hydrogens is 1290 g/mol. The van der Waals surface area contributed by atoms with Gasteiger partial charge in [0.15, 0.2) is 0 Å². The molecule has 1 unspecified atom stereocenters. The second kappa shape index (κ2) is 34.3. The number of amides is 12. The van der Waals surface area contributed by atoms with E-state index >= 15 is 14.4 Å². The van der Waals surface area contributed by atoms with Gasteiger partial charge in [0, 0.05) is 69.0 Å². The van der Waals surface area contributed by atoms with Crippen LogP contribution in [0.5, 0.6) is 0 Å². The predicted molar refractivity (Wildman–Crippen MR) is 360 cm³/mol. The first-order chi connectivity index (χ1) is 46.1. The Kier molecular flexibility index (Phi) is 27.4. The van der Waals surface area contributed by atoms with Gasteiger partial charge in [-0.3, -0.25) is 57.5 Å². The van der Waals surface area contributed by atoms with Crippen LogP contribution in [0.3, 0.4) is 0 Å². The van der Waals surface area contributed by atoms with E-state index in [4.69, 9.17) is 11.6 Å². The number of nitrogens with one attached hydrogen (secondary N) is 3. The van der Waals surface area contributed by atoms with Crippen molar-refractivity contribution in [1.82, 2.24) is 60.0 Å². The molecule has 546 valence electrons. The second-order valence-electron chi connectivity index (χ2n) is 29.4. The Bertz CT molecular complexity index is 3080. The van der Waals surface area contributed by atoms with E-state index in [1.165, 1.54) is 84.8 Å². The van der Waals surface area contributed by atoms with Crippen LogP contribution in [0.25, 0.3) is 0 Å². The van der Waals surface area contributed by atoms with Crippen molar-refractivity contribution in [3.63, 3.8) is 0 Å². The van der Waals surface area contributed by atoms with Gasteiger partial charge < -0.3 is 60.0 Å². The fourth-order valence-corrected chi connectivity index (χ4v) is 15.2. The minimum Gasteiger partial charge on any atom is -0.343 e. The number of benzene rings is 1. The van der Waals surface area contributed by atoms with Gasteiger partial charge in [0.2, 0.25) is 70.9 Å². The monoisotopic (exact) mass is 1400 g/mol. The summed E-state index contributed by atoms with van der Waals surface area (Å²) in [6.45, 7) is 6.33. The van der Waals surface area contributed by atoms with E-state index in [9.17, 15) is 56.3 Å². The minimum atomic E-state index is -4.76. The zero-order chi connectivity index (χ0) is 72.2. The number of piperidine rings is 1. The van der Waals surface area contributed by atoms with Crippen LogP contribution in [0, 0.1) is 23.7 Å². The van der Waals surface area contributed by atoms with Crippen molar-refractivity contribution in [2.45, 2.75) is 223 Å². The number of nitrogens with zero attached hydrogens (tertiary/aromatic N) is 9. The SMILES string of the molecule is CC(C)C[C@H]1C(=O)N[C@@H](CC2CC2)C(=O)N(C)CC(=O)N(C)CC(=O)N(C)[C@@H](CC2CCCCC2)C(=O)N(C)CC(=O)N[C@@H](CCc2ccc(C(F)(F)F)c(Cl)c2)C(=O)N2CCCC2C(=O)NC2(CCCC2)C(=O)N(C)[C@@H](C(C)C)C(=O)N(C)[C@H](C(=O)N2CCCCC2)CC(=O)N1C. The quantitative estimate of drug-likeness (QED) is 0.256. The van der Waals surface area contributed by atoms with Gasteiger partial charge in [-0.25, -0.2) is 0 Å². The number of rotatable bonds is 11. The van der Waals surface area contributed by atoms with Crippen LogP contribution < -0.4 is 16.0 Å². The number of aryl methyl sites for hydroxylation is 1. The molecule has 98 heavy (non-hydrogen) atoms. The van der Waals surface area contributed by atoms with E-state index in [1.807, 2.05) is 13.8 Å². The average Bonchev–Trinajstić information content (AvgIpc) is 1.57. The fraction of sp³-hybridized carbons (Fsp3) is 0.743. The zero-order valence-corrected chi connectivity index (χ0v) is 60.1. The molecular formula is C70H106ClF3N12O12. The maximum atomic E-state index is 15.4. The Morgan fingerprint density at radius 2 is 1.19 bits per heavy atom. The highest BCUT2D eigenvalue weighted by Gasteiger charge is 2.51. The van der Waals surface area contributed by atoms with Crippen molar-refractivity contribution < 1.29 is 70.7 Å². The van der Waals surface area contributed by atoms with E-state index in [0.717, 1.165) is 73.3 Å². The molecule has 3 heterocycles. The summed E-state index contributed by atoms with van der Waals surface area (Å²) in [5, 5.41) is 8.11. The Morgan fingerprint density at radius 3 is 1.80 bits per heavy atom. The van der Waals surface area contributed by atoms with Crippen LogP contribution in [0.2, 0.25) is 5.02 Å². The van der Waals surface area contributed by atoms with Gasteiger partial charge in [-0.15, -0.1) is 0 Å². The molecule has 1 aromatic rings. The van der Waals surface area contributed by atoms with E-state index in [-0.39, 0.29) is 75.7 Å². The smallest absolute Gasteiger partial charge is 0.343 e. The number of likely N-dealkylation sites (tertiary alicyclic amines) is 1. The van der Waals surface area contributed by atoms with Crippen LogP contribution in [0.15, 0.2) is 18.2 Å². The Labute approximate surface area is 580 Å². The molecule has 1 aromatic carbocycles. The molecule has 3 saturated carbocycles. The van der Waals surface area contributed by atoms with Crippen LogP contribution >= 0.6 is 11.6 Å². The summed E-state index contributed by atoms with van der Waals surface area (Å²) < 4.78 is 41.5. The molecule has 28 heteroatoms. The summed E-state index contributed by atoms with van der Waals surface area (Å²) >= 11 is 6.14. The highest BCUT2D eigenvalue weighted by atomic mass is 35.5. The van der Waals surface area contributed by atoms with Gasteiger partial charge in [0.1, 0.15) is 47.8 Å². The topological polar surface area (TPSA) is 270 Å². The number of hydrogen-bond donors (Lipinski definition) is 3. The molecule has 3 aliphatic heterocycles. The highest BCUT2D eigenvalue weighted by molar-refractivity contribution is 6.31. The van der Waals surface area contributed by atoms with E-state index in [0.29, 0.717) is 50.8 Å². The normalized spacial score (nSPS) is 26.6. The van der Waals surface area contributed by atoms with Crippen LogP contribution in [0.1, 0.15) is 174 Å². The molecule has 7 atom stereocenters. The molecule has 0 aromatic heterocycles. The molecule has 1 spiro atoms. The molecule has 0 radical (unpaired) electrons. The van der Waals surface area contributed by atoms with Crippen LogP contribution in [0.4, 0.5) is 13.2 Å². The number of alkyl halides is 3. The van der Waals surface area contributed by atoms with Gasteiger partial charge in [-0.2, -0.15) is 13.2 Å². The van der Waals surface area contributed by atoms with Gasteiger partial charge >= 0.3 is 6.18 Å². The van der Waals surface area contributed by atoms with Gasteiger partial charge in [-0.05, 0) is 118 Å². The van der Waals surface area contributed by atoms with Gasteiger partial charge in [0.05, 0.1) is 36.6 Å². The fourth-order valence-electron chi connectivity index (χ4n) is 14.9. The first-order valence-corrected chi connectivity index (χ1v) is 35.7. The van der Waals surface area contributed by atoms with Crippen molar-refractivity contribution in [2.75, 3.05) is 88.6 Å². The number of likely N-dealkylation sites (N-methyl/N-ethyl adjacent to an activating group) is 7. The standard InChI is InChI=1S/C70H106ClF3N12O12/c1-43(2)35-53-61(91)76-51(37-47-24-25-47)63(93)80(7)41-58(89)78(5)42-59(90)82(9)54(38-45-21-14-12-15-22-45)65(95)79(6)40-56(87)75-50(29-27-46-26-28-48(49(71)36-46)70(72,73)74)64(94)86-34-20-23-52(86)62(92)77-69(30-16-17-31-69)68(98)84(11)60(44(3)4)67(97)83(10)55(39-57(88)81(53)8)66(96)85-32-18-13-19-33-85/h26,28,36,43-45,47,50-55,60H,12-25,27,29-35,37-42H2,1-11H3,(H,75,87)(H,76,91)(H,77,92)/t50-,51-,52?,53-,54-,55-,60-/m0/s1. The average molecular weight is 1400 g/mol. The summed E-state index contributed by atoms with van der Waals surface area (Å²) in [5.74, 6) is -8.40. The molecule has 3 N–H and O–H groups in total. The first-order valence-electron chi connectivity index (χ1n) is 35.3. The van der Waals surface area contributed by atoms with E-state index in [2.05, 4.69) is 16.0 Å². The lowest BCUT2D eigenvalue weighted by molar-refractivity contribution is -0.156. The maximum absolute atomic E-state index is 15.4. The number of fused-ring (bicyclic) bond motifs is 1. The molecule has 6 aliphatic rings. The highest BCUT2D eigenvalue weighted by Crippen LogP contribution is 2.38. The Balaban J connectivity index is 1.26. The molecule has 3 aliphatic carbocycles. The van der Waals surface area contributed by atoms with E-state index in [1.54, 1.807) is 18.7 Å². The third-order valence-corrected chi connectivity index (χ3v) is 21.3. The molecule has 0 bridgehead atoms. The van der Waals surface area contributed by atoms with Crippen molar-refractivity contribution in [1.29, 1.82) is 0 Å². The Morgan fingerprint density at radius 1 is 0.592 bits per heavy atom. The van der Waals surface area contributed by atoms with Gasteiger partial charge in [0.25, 0.3) is 0 Å². The second-order valence-corrected chi connectivity index (χ2v) is 29.8. The van der Waals surface area contributed by atoms with Crippen molar-refractivity contribution in [3.8, 4) is 0 Å². The largest absolute Gasteiger partial charge is 0.417 e. The summed E-state index contributed by atoms with van der Waals surface area (Å²) in [6, 6.07) is -5.54. The van der Waals surface area contributed by atoms with Crippen molar-refractivity contribution >= 4 is 82.5 Å². The summed E-state index contributed by atoms with van der Waals surface area (Å²) in [5.41, 5.74) is -2.35. The zero-order valence-electron chi connectivity index (χ0n) is 59.3. The number of hydrogen-bond acceptors (Lipinski definition) is 12. The third kappa shape index (κ3) is 19.9. The van der Waals surface area contributed by atoms with Crippen molar-refractivity contribution in [3.05, 3.63) is 34.3 Å². The van der Waals surface area contributed by atoms with Crippen LogP contribution in [-0.4, -0.2) is 251 Å². The predicted octanol–water partition coefficient (Wildman–Crippen LogP) is 5.25. The van der Waals surface area contributed by atoms with E-state index < -0.39 is 167 Å². The molecule has 3 saturated heterocycles. The first kappa shape index (κ1) is 78.3. The van der Waals surface area contributed by atoms with Gasteiger partial charge in [-0.1, -0.05) is 103 Å². The summed E-state index contributed by atoms with van der Waals surface area (Å²) in [6.07, 6.45) is 4.99. The summed E-state index contributed by atoms with van der Waals surface area (Å²) in [7, 11) is 9.91. The lowest BCUT2D eigenvalue weighted by atomic mass is 9.84. The van der Waals surface area contributed by atoms with Crippen molar-refractivity contribution in [2.24, 2.45) is 23.7 Å². The number of halogens is 4. The molecule has 24 nitrogen and oxygen atoms in total. The third-order valence-electron chi connectivity index (χ3n) is 21.0. The lowest BCUT2D eigenvalue weighted by Crippen LogP contribution is -2.65.